The van der Waals surface area contributed by atoms with E-state index in [0.29, 0.717) is 0 Å². The highest BCUT2D eigenvalue weighted by Crippen LogP contribution is 2.43. The van der Waals surface area contributed by atoms with E-state index >= 15 is 0 Å². The van der Waals surface area contributed by atoms with Crippen molar-refractivity contribution in [1.82, 2.24) is 29.9 Å². The molecule has 0 aliphatic carbocycles. The molecule has 0 aliphatic rings. The summed E-state index contributed by atoms with van der Waals surface area (Å²) in [7, 11) is 0. The zero-order chi connectivity index (χ0) is 30.5. The van der Waals surface area contributed by atoms with Gasteiger partial charge in [0.15, 0.2) is 0 Å². The summed E-state index contributed by atoms with van der Waals surface area (Å²) in [6.45, 7) is 0. The first-order valence-corrected chi connectivity index (χ1v) is 15.0. The van der Waals surface area contributed by atoms with Crippen LogP contribution in [0.5, 0.6) is 0 Å². The molecule has 46 heavy (non-hydrogen) atoms. The van der Waals surface area contributed by atoms with Gasteiger partial charge in [-0.15, -0.1) is 0 Å². The van der Waals surface area contributed by atoms with Crippen molar-refractivity contribution in [2.45, 2.75) is 0 Å². The second-order valence-electron chi connectivity index (χ2n) is 11.4. The van der Waals surface area contributed by atoms with Crippen molar-refractivity contribution in [2.75, 3.05) is 0 Å². The van der Waals surface area contributed by atoms with Crippen LogP contribution in [0.2, 0.25) is 0 Å². The maximum atomic E-state index is 4.28. The minimum atomic E-state index is 0.954. The first-order valence-electron chi connectivity index (χ1n) is 15.0. The number of rotatable bonds is 5. The zero-order valence-corrected chi connectivity index (χ0v) is 24.5. The Morgan fingerprint density at radius 2 is 0.652 bits per heavy atom. The lowest BCUT2D eigenvalue weighted by molar-refractivity contribution is 1.17. The van der Waals surface area contributed by atoms with E-state index < -0.39 is 0 Å². The number of benzene rings is 6. The molecule has 9 rings (SSSR count). The van der Waals surface area contributed by atoms with Gasteiger partial charge in [0, 0.05) is 53.9 Å². The number of aromatic nitrogens is 6. The minimum Gasteiger partial charge on any atom is -0.244 e. The normalized spacial score (nSPS) is 11.5. The number of nitrogens with zero attached hydrogens (tertiary/aromatic N) is 6. The van der Waals surface area contributed by atoms with Gasteiger partial charge in [-0.2, -0.15) is 0 Å². The van der Waals surface area contributed by atoms with Gasteiger partial charge in [-0.1, -0.05) is 72.8 Å². The third-order valence-corrected chi connectivity index (χ3v) is 8.79. The van der Waals surface area contributed by atoms with Crippen LogP contribution in [0.3, 0.4) is 0 Å². The van der Waals surface area contributed by atoms with Crippen LogP contribution in [0, 0.1) is 0 Å². The quantitative estimate of drug-likeness (QED) is 0.187. The van der Waals surface area contributed by atoms with E-state index in [2.05, 4.69) is 121 Å². The Balaban J connectivity index is 1.24. The van der Waals surface area contributed by atoms with Gasteiger partial charge in [0.05, 0.1) is 0 Å². The molecule has 0 bridgehead atoms. The van der Waals surface area contributed by atoms with E-state index in [9.17, 15) is 0 Å². The molecule has 6 heteroatoms. The lowest BCUT2D eigenvalue weighted by Gasteiger charge is -2.17. The SMILES string of the molecule is c1ncc(-c2ccc(-c3ccc4ccc5c(-c6cc(-c7cncnc7)cc(-c7cncnc7)c6)ccc6ccc3c4c65)cc2)cn1. The molecule has 0 unspecified atom stereocenters. The zero-order valence-electron chi connectivity index (χ0n) is 24.5. The van der Waals surface area contributed by atoms with Crippen molar-refractivity contribution in [3.8, 4) is 55.6 Å². The highest BCUT2D eigenvalue weighted by Gasteiger charge is 2.16. The van der Waals surface area contributed by atoms with Crippen LogP contribution in [-0.4, -0.2) is 29.9 Å². The van der Waals surface area contributed by atoms with E-state index in [1.54, 1.807) is 19.0 Å². The van der Waals surface area contributed by atoms with E-state index in [0.717, 1.165) is 38.9 Å². The molecule has 6 aromatic carbocycles. The van der Waals surface area contributed by atoms with Crippen LogP contribution < -0.4 is 0 Å². The third kappa shape index (κ3) is 4.35. The first-order chi connectivity index (χ1) is 22.8. The summed E-state index contributed by atoms with van der Waals surface area (Å²) in [6, 6.07) is 33.2. The van der Waals surface area contributed by atoms with E-state index in [1.165, 1.54) is 49.0 Å². The van der Waals surface area contributed by atoms with Crippen LogP contribution in [0.4, 0.5) is 0 Å². The molecule has 0 spiro atoms. The summed E-state index contributed by atoms with van der Waals surface area (Å²) in [5, 5.41) is 7.44. The van der Waals surface area contributed by atoms with Crippen molar-refractivity contribution in [2.24, 2.45) is 0 Å². The van der Waals surface area contributed by atoms with Crippen molar-refractivity contribution in [1.29, 1.82) is 0 Å². The average molecular weight is 589 g/mol. The summed E-state index contributed by atoms with van der Waals surface area (Å²) in [6.07, 6.45) is 15.8. The second-order valence-corrected chi connectivity index (χ2v) is 11.4. The maximum Gasteiger partial charge on any atom is 0.115 e. The van der Waals surface area contributed by atoms with Gasteiger partial charge in [-0.05, 0) is 89.5 Å². The van der Waals surface area contributed by atoms with Crippen LogP contribution in [0.25, 0.3) is 88.0 Å². The Kier molecular flexibility index (Phi) is 6.03. The summed E-state index contributed by atoms with van der Waals surface area (Å²) < 4.78 is 0. The predicted octanol–water partition coefficient (Wildman–Crippen LogP) is 9.29. The molecular weight excluding hydrogens is 564 g/mol. The molecule has 214 valence electrons. The molecule has 0 saturated carbocycles. The second kappa shape index (κ2) is 10.6. The monoisotopic (exact) mass is 588 g/mol. The lowest BCUT2D eigenvalue weighted by Crippen LogP contribution is -1.91. The number of hydrogen-bond donors (Lipinski definition) is 0. The topological polar surface area (TPSA) is 77.3 Å². The van der Waals surface area contributed by atoms with Crippen LogP contribution in [0.15, 0.2) is 147 Å². The predicted molar refractivity (Wildman–Crippen MR) is 184 cm³/mol. The van der Waals surface area contributed by atoms with Crippen LogP contribution in [0.1, 0.15) is 0 Å². The molecule has 0 atom stereocenters. The molecule has 0 radical (unpaired) electrons. The molecule has 6 nitrogen and oxygen atoms in total. The third-order valence-electron chi connectivity index (χ3n) is 8.79. The summed E-state index contributed by atoms with van der Waals surface area (Å²) in [4.78, 5) is 25.5. The summed E-state index contributed by atoms with van der Waals surface area (Å²) in [5.41, 5.74) is 10.7. The van der Waals surface area contributed by atoms with E-state index in [1.807, 2.05) is 37.2 Å². The maximum absolute atomic E-state index is 4.28. The standard InChI is InChI=1S/C40H24N6/c1-3-26(4-2-25(1)32-16-41-22-42-17-32)35-9-5-27-8-12-38-36(10-6-28-7-11-37(35)39(27)40(28)38)31-14-29(33-18-43-23-44-19-33)13-30(15-31)34-20-45-24-46-21-34/h1-24H. The molecule has 9 aromatic rings. The van der Waals surface area contributed by atoms with Gasteiger partial charge in [-0.25, -0.2) is 29.9 Å². The van der Waals surface area contributed by atoms with Gasteiger partial charge in [0.25, 0.3) is 0 Å². The molecule has 0 saturated heterocycles. The molecule has 0 aliphatic heterocycles. The fraction of sp³-hybridized carbons (Fsp3) is 0. The Morgan fingerprint density at radius 3 is 1.13 bits per heavy atom. The number of hydrogen-bond acceptors (Lipinski definition) is 6. The molecular formula is C40H24N6. The van der Waals surface area contributed by atoms with Gasteiger partial charge in [0.2, 0.25) is 0 Å². The average Bonchev–Trinajstić information content (AvgIpc) is 3.14. The first kappa shape index (κ1) is 26.0. The molecule has 3 heterocycles. The summed E-state index contributed by atoms with van der Waals surface area (Å²) >= 11 is 0. The largest absolute Gasteiger partial charge is 0.244 e. The van der Waals surface area contributed by atoms with Gasteiger partial charge < -0.3 is 0 Å². The highest BCUT2D eigenvalue weighted by atomic mass is 14.8. The smallest absolute Gasteiger partial charge is 0.115 e. The Labute approximate surface area is 264 Å². The van der Waals surface area contributed by atoms with Crippen LogP contribution >= 0.6 is 0 Å². The molecule has 0 fully saturated rings. The molecule has 0 N–H and O–H groups in total. The fourth-order valence-corrected chi connectivity index (χ4v) is 6.61. The van der Waals surface area contributed by atoms with E-state index in [4.69, 9.17) is 0 Å². The van der Waals surface area contributed by atoms with Crippen molar-refractivity contribution in [3.05, 3.63) is 147 Å². The molecule has 3 aromatic heterocycles. The van der Waals surface area contributed by atoms with E-state index in [-0.39, 0.29) is 0 Å². The Hall–Kier alpha value is -6.40. The van der Waals surface area contributed by atoms with Gasteiger partial charge >= 0.3 is 0 Å². The van der Waals surface area contributed by atoms with Crippen molar-refractivity contribution in [3.63, 3.8) is 0 Å². The van der Waals surface area contributed by atoms with Crippen LogP contribution in [-0.2, 0) is 0 Å². The Morgan fingerprint density at radius 1 is 0.283 bits per heavy atom. The van der Waals surface area contributed by atoms with Gasteiger partial charge in [-0.3, -0.25) is 0 Å². The lowest BCUT2D eigenvalue weighted by atomic mass is 9.86. The van der Waals surface area contributed by atoms with Gasteiger partial charge in [0.1, 0.15) is 19.0 Å². The molecule has 0 amide bonds. The fourth-order valence-electron chi connectivity index (χ4n) is 6.61. The van der Waals surface area contributed by atoms with Crippen molar-refractivity contribution >= 4 is 32.3 Å². The summed E-state index contributed by atoms with van der Waals surface area (Å²) in [5.74, 6) is 0. The van der Waals surface area contributed by atoms with Crippen molar-refractivity contribution < 1.29 is 0 Å². The highest BCUT2D eigenvalue weighted by molar-refractivity contribution is 6.27. The minimum absolute atomic E-state index is 0.954. The Bertz CT molecular complexity index is 2440.